The van der Waals surface area contributed by atoms with Gasteiger partial charge in [0.1, 0.15) is 11.9 Å². The van der Waals surface area contributed by atoms with Crippen molar-refractivity contribution in [1.29, 1.82) is 0 Å². The number of allylic oxidation sites excluding steroid dienone is 1. The molecule has 0 saturated carbocycles. The molecule has 0 heterocycles. The van der Waals surface area contributed by atoms with Crippen molar-refractivity contribution in [2.75, 3.05) is 0 Å². The molecule has 5 heteroatoms. The maximum atomic E-state index is 11.6. The van der Waals surface area contributed by atoms with Crippen molar-refractivity contribution < 1.29 is 14.5 Å². The van der Waals surface area contributed by atoms with Crippen molar-refractivity contribution in [2.45, 2.75) is 32.3 Å². The van der Waals surface area contributed by atoms with E-state index in [1.54, 1.807) is 0 Å². The van der Waals surface area contributed by atoms with E-state index in [-0.39, 0.29) is 23.1 Å². The van der Waals surface area contributed by atoms with E-state index in [1.165, 1.54) is 25.1 Å². The van der Waals surface area contributed by atoms with Gasteiger partial charge in [0, 0.05) is 12.1 Å². The van der Waals surface area contributed by atoms with Gasteiger partial charge in [-0.15, -0.1) is 0 Å². The van der Waals surface area contributed by atoms with Crippen LogP contribution in [0.5, 0.6) is 5.75 Å². The topological polar surface area (TPSA) is 69.4 Å². The molecule has 0 saturated heterocycles. The molecule has 100 valence electrons. The van der Waals surface area contributed by atoms with Crippen LogP contribution in [-0.2, 0) is 0 Å². The molecule has 1 aromatic rings. The first kappa shape index (κ1) is 13.3. The first-order valence-electron chi connectivity index (χ1n) is 6.20. The maximum Gasteiger partial charge on any atom is 0.270 e. The van der Waals surface area contributed by atoms with Gasteiger partial charge in [0.2, 0.25) is 0 Å². The van der Waals surface area contributed by atoms with Gasteiger partial charge in [-0.1, -0.05) is 6.08 Å². The van der Waals surface area contributed by atoms with Gasteiger partial charge in [-0.2, -0.15) is 0 Å². The van der Waals surface area contributed by atoms with E-state index in [9.17, 15) is 14.9 Å². The number of carbonyl (C=O) groups is 1. The maximum absolute atomic E-state index is 11.6. The van der Waals surface area contributed by atoms with E-state index in [4.69, 9.17) is 4.74 Å². The highest BCUT2D eigenvalue weighted by Gasteiger charge is 2.18. The molecule has 1 aromatic carbocycles. The van der Waals surface area contributed by atoms with E-state index in [0.29, 0.717) is 5.75 Å². The third kappa shape index (κ3) is 3.19. The molecule has 1 atom stereocenters. The van der Waals surface area contributed by atoms with Gasteiger partial charge in [0.05, 0.1) is 10.5 Å². The van der Waals surface area contributed by atoms with Gasteiger partial charge in [0.25, 0.3) is 5.69 Å². The molecular formula is C14H15NO4. The van der Waals surface area contributed by atoms with Crippen molar-refractivity contribution >= 4 is 11.5 Å². The minimum Gasteiger partial charge on any atom is -0.486 e. The summed E-state index contributed by atoms with van der Waals surface area (Å²) < 4.78 is 5.75. The largest absolute Gasteiger partial charge is 0.486 e. The Morgan fingerprint density at radius 3 is 2.84 bits per heavy atom. The fourth-order valence-corrected chi connectivity index (χ4v) is 2.05. The number of rotatable bonds is 4. The quantitative estimate of drug-likeness (QED) is 0.361. The summed E-state index contributed by atoms with van der Waals surface area (Å²) in [5.74, 6) is 0.174. The minimum atomic E-state index is -0.517. The van der Waals surface area contributed by atoms with Crippen LogP contribution in [0, 0.1) is 10.1 Å². The van der Waals surface area contributed by atoms with Crippen LogP contribution in [0.2, 0.25) is 0 Å². The zero-order valence-corrected chi connectivity index (χ0v) is 10.7. The summed E-state index contributed by atoms with van der Waals surface area (Å²) in [5, 5.41) is 10.7. The standard InChI is InChI=1S/C14H15NO4/c1-10(16)13-9-11(15(17)18)7-8-14(13)19-12-5-3-2-4-6-12/h3,5,7-9,12H,2,4,6H2,1H3. The molecule has 0 aromatic heterocycles. The van der Waals surface area contributed by atoms with Gasteiger partial charge in [-0.3, -0.25) is 14.9 Å². The Balaban J connectivity index is 2.28. The van der Waals surface area contributed by atoms with E-state index in [0.717, 1.165) is 19.3 Å². The van der Waals surface area contributed by atoms with Crippen LogP contribution >= 0.6 is 0 Å². The summed E-state index contributed by atoms with van der Waals surface area (Å²) in [6.45, 7) is 1.38. The summed E-state index contributed by atoms with van der Waals surface area (Å²) >= 11 is 0. The second-order valence-corrected chi connectivity index (χ2v) is 4.51. The first-order chi connectivity index (χ1) is 9.08. The Labute approximate surface area is 111 Å². The van der Waals surface area contributed by atoms with Crippen molar-refractivity contribution in [3.05, 3.63) is 46.0 Å². The van der Waals surface area contributed by atoms with Crippen LogP contribution < -0.4 is 4.74 Å². The van der Waals surface area contributed by atoms with Gasteiger partial charge in [0.15, 0.2) is 5.78 Å². The van der Waals surface area contributed by atoms with Crippen molar-refractivity contribution in [2.24, 2.45) is 0 Å². The van der Waals surface area contributed by atoms with Crippen molar-refractivity contribution in [3.8, 4) is 5.75 Å². The number of benzene rings is 1. The lowest BCUT2D eigenvalue weighted by molar-refractivity contribution is -0.384. The Bertz CT molecular complexity index is 536. The summed E-state index contributed by atoms with van der Waals surface area (Å²) in [6.07, 6.45) is 6.93. The van der Waals surface area contributed by atoms with Gasteiger partial charge in [-0.05, 0) is 38.3 Å². The highest BCUT2D eigenvalue weighted by atomic mass is 16.6. The number of ketones is 1. The lowest BCUT2D eigenvalue weighted by Gasteiger charge is -2.19. The van der Waals surface area contributed by atoms with Crippen LogP contribution in [-0.4, -0.2) is 16.8 Å². The van der Waals surface area contributed by atoms with Crippen LogP contribution in [0.3, 0.4) is 0 Å². The monoisotopic (exact) mass is 261 g/mol. The number of ether oxygens (including phenoxy) is 1. The van der Waals surface area contributed by atoms with E-state index in [1.807, 2.05) is 12.2 Å². The fourth-order valence-electron chi connectivity index (χ4n) is 2.05. The Kier molecular flexibility index (Phi) is 3.94. The van der Waals surface area contributed by atoms with E-state index < -0.39 is 4.92 Å². The van der Waals surface area contributed by atoms with Crippen LogP contribution in [0.4, 0.5) is 5.69 Å². The number of nitro benzene ring substituents is 1. The molecule has 0 bridgehead atoms. The lowest BCUT2D eigenvalue weighted by Crippen LogP contribution is -2.17. The smallest absolute Gasteiger partial charge is 0.270 e. The molecule has 2 rings (SSSR count). The number of carbonyl (C=O) groups excluding carboxylic acids is 1. The molecule has 0 spiro atoms. The van der Waals surface area contributed by atoms with E-state index >= 15 is 0 Å². The molecule has 0 N–H and O–H groups in total. The molecule has 19 heavy (non-hydrogen) atoms. The molecule has 1 aliphatic carbocycles. The summed E-state index contributed by atoms with van der Waals surface area (Å²) in [5.41, 5.74) is 0.157. The minimum absolute atomic E-state index is 0.0618. The number of Topliss-reactive ketones (excluding diaryl/α,β-unsaturated/α-hetero) is 1. The molecule has 5 nitrogen and oxygen atoms in total. The molecule has 0 radical (unpaired) electrons. The zero-order chi connectivity index (χ0) is 13.8. The second-order valence-electron chi connectivity index (χ2n) is 4.51. The predicted molar refractivity (Wildman–Crippen MR) is 70.5 cm³/mol. The normalized spacial score (nSPS) is 18.1. The van der Waals surface area contributed by atoms with Crippen molar-refractivity contribution in [3.63, 3.8) is 0 Å². The third-order valence-corrected chi connectivity index (χ3v) is 3.04. The molecule has 1 aliphatic rings. The molecular weight excluding hydrogens is 246 g/mol. The molecule has 0 fully saturated rings. The number of nitro groups is 1. The molecule has 0 aliphatic heterocycles. The van der Waals surface area contributed by atoms with Crippen LogP contribution in [0.1, 0.15) is 36.5 Å². The van der Waals surface area contributed by atoms with Gasteiger partial charge < -0.3 is 4.74 Å². The average Bonchev–Trinajstić information content (AvgIpc) is 2.39. The molecule has 0 amide bonds. The summed E-state index contributed by atoms with van der Waals surface area (Å²) in [7, 11) is 0. The lowest BCUT2D eigenvalue weighted by atomic mass is 10.0. The predicted octanol–water partition coefficient (Wildman–Crippen LogP) is 3.28. The zero-order valence-electron chi connectivity index (χ0n) is 10.7. The van der Waals surface area contributed by atoms with E-state index in [2.05, 4.69) is 0 Å². The number of hydrogen-bond donors (Lipinski definition) is 0. The second kappa shape index (κ2) is 5.65. The first-order valence-corrected chi connectivity index (χ1v) is 6.20. The Morgan fingerprint density at radius 2 is 2.26 bits per heavy atom. The fraction of sp³-hybridized carbons (Fsp3) is 0.357. The van der Waals surface area contributed by atoms with Gasteiger partial charge >= 0.3 is 0 Å². The average molecular weight is 261 g/mol. The SMILES string of the molecule is CC(=O)c1cc([N+](=O)[O-])ccc1OC1C=CCCC1. The summed E-state index contributed by atoms with van der Waals surface area (Å²) in [4.78, 5) is 21.8. The molecule has 1 unspecified atom stereocenters. The van der Waals surface area contributed by atoms with Crippen LogP contribution in [0.25, 0.3) is 0 Å². The Hall–Kier alpha value is -2.17. The number of non-ortho nitro benzene ring substituents is 1. The highest BCUT2D eigenvalue weighted by molar-refractivity contribution is 5.97. The third-order valence-electron chi connectivity index (χ3n) is 3.04. The van der Waals surface area contributed by atoms with Crippen LogP contribution in [0.15, 0.2) is 30.4 Å². The highest BCUT2D eigenvalue weighted by Crippen LogP contribution is 2.27. The van der Waals surface area contributed by atoms with Crippen molar-refractivity contribution in [1.82, 2.24) is 0 Å². The number of hydrogen-bond acceptors (Lipinski definition) is 4. The summed E-state index contributed by atoms with van der Waals surface area (Å²) in [6, 6.07) is 4.12. The Morgan fingerprint density at radius 1 is 1.47 bits per heavy atom. The van der Waals surface area contributed by atoms with Gasteiger partial charge in [-0.25, -0.2) is 0 Å². The number of nitrogens with zero attached hydrogens (tertiary/aromatic N) is 1.